The molecule has 2 saturated heterocycles. The molecule has 160 valence electrons. The fourth-order valence-corrected chi connectivity index (χ4v) is 4.57. The first-order valence-electron chi connectivity index (χ1n) is 11.3. The summed E-state index contributed by atoms with van der Waals surface area (Å²) in [6.07, 6.45) is 10.7. The zero-order valence-corrected chi connectivity index (χ0v) is 17.8. The van der Waals surface area contributed by atoms with Gasteiger partial charge in [0, 0.05) is 25.6 Å². The lowest BCUT2D eigenvalue weighted by molar-refractivity contribution is -0.121. The summed E-state index contributed by atoms with van der Waals surface area (Å²) in [7, 11) is 0. The molecule has 0 aliphatic carbocycles. The van der Waals surface area contributed by atoms with Crippen molar-refractivity contribution in [1.29, 1.82) is 0 Å². The molecule has 2 aliphatic heterocycles. The van der Waals surface area contributed by atoms with Crippen LogP contribution in [0.2, 0.25) is 0 Å². The topological polar surface area (TPSA) is 35.6 Å². The minimum Gasteiger partial charge on any atom is -0.355 e. The summed E-state index contributed by atoms with van der Waals surface area (Å²) >= 11 is 0. The Balaban J connectivity index is 1.27. The molecule has 0 bridgehead atoms. The van der Waals surface area contributed by atoms with Gasteiger partial charge in [-0.15, -0.1) is 0 Å². The molecule has 2 aliphatic rings. The standard InChI is InChI=1S/C24H36FN3O/c1-2-28-16-4-6-23(28)19-26-24(29)12-9-21-13-17-27(18-14-21)15-3-5-20-7-10-22(25)11-8-20/h3,5,7-8,10-11,21,23H,2,4,6,9,12-19H2,1H3,(H,26,29)/b5-3+/t23-/m0/s1. The van der Waals surface area contributed by atoms with Gasteiger partial charge in [0.15, 0.2) is 0 Å². The Morgan fingerprint density at radius 3 is 2.66 bits per heavy atom. The lowest BCUT2D eigenvalue weighted by Gasteiger charge is -2.31. The third kappa shape index (κ3) is 7.23. The number of nitrogens with one attached hydrogen (secondary N) is 1. The Morgan fingerprint density at radius 2 is 1.93 bits per heavy atom. The van der Waals surface area contributed by atoms with Gasteiger partial charge in [-0.25, -0.2) is 4.39 Å². The van der Waals surface area contributed by atoms with Crippen molar-refractivity contribution in [2.75, 3.05) is 39.3 Å². The molecule has 1 amide bonds. The van der Waals surface area contributed by atoms with Gasteiger partial charge < -0.3 is 5.32 Å². The Morgan fingerprint density at radius 1 is 1.17 bits per heavy atom. The Bertz CT molecular complexity index is 653. The first kappa shape index (κ1) is 22.0. The highest BCUT2D eigenvalue weighted by molar-refractivity contribution is 5.75. The molecular formula is C24H36FN3O. The van der Waals surface area contributed by atoms with Crippen LogP contribution in [-0.4, -0.2) is 61.0 Å². The minimum absolute atomic E-state index is 0.195. The normalized spacial score (nSPS) is 21.8. The lowest BCUT2D eigenvalue weighted by atomic mass is 9.92. The molecule has 2 fully saturated rings. The van der Waals surface area contributed by atoms with Crippen LogP contribution in [0.3, 0.4) is 0 Å². The highest BCUT2D eigenvalue weighted by Crippen LogP contribution is 2.22. The molecule has 4 nitrogen and oxygen atoms in total. The number of likely N-dealkylation sites (N-methyl/N-ethyl adjacent to an activating group) is 1. The van der Waals surface area contributed by atoms with Gasteiger partial charge in [0.05, 0.1) is 0 Å². The molecule has 29 heavy (non-hydrogen) atoms. The van der Waals surface area contributed by atoms with Crippen LogP contribution >= 0.6 is 0 Å². The minimum atomic E-state index is -0.195. The molecule has 0 radical (unpaired) electrons. The molecule has 2 heterocycles. The van der Waals surface area contributed by atoms with E-state index < -0.39 is 0 Å². The number of halogens is 1. The second kappa shape index (κ2) is 11.5. The van der Waals surface area contributed by atoms with Gasteiger partial charge in [0.1, 0.15) is 5.82 Å². The number of likely N-dealkylation sites (tertiary alicyclic amines) is 2. The van der Waals surface area contributed by atoms with Gasteiger partial charge in [-0.2, -0.15) is 0 Å². The Hall–Kier alpha value is -1.72. The van der Waals surface area contributed by atoms with Crippen molar-refractivity contribution < 1.29 is 9.18 Å². The monoisotopic (exact) mass is 401 g/mol. The van der Waals surface area contributed by atoms with E-state index in [4.69, 9.17) is 0 Å². The van der Waals surface area contributed by atoms with E-state index >= 15 is 0 Å². The average molecular weight is 402 g/mol. The molecule has 1 aromatic carbocycles. The lowest BCUT2D eigenvalue weighted by Crippen LogP contribution is -2.40. The molecule has 0 unspecified atom stereocenters. The summed E-state index contributed by atoms with van der Waals surface area (Å²) in [5.41, 5.74) is 1.03. The van der Waals surface area contributed by atoms with Gasteiger partial charge in [-0.05, 0) is 81.9 Å². The summed E-state index contributed by atoms with van der Waals surface area (Å²) in [6.45, 7) is 8.38. The molecule has 3 rings (SSSR count). The van der Waals surface area contributed by atoms with Gasteiger partial charge >= 0.3 is 0 Å². The predicted octanol–water partition coefficient (Wildman–Crippen LogP) is 3.93. The third-order valence-electron chi connectivity index (χ3n) is 6.47. The van der Waals surface area contributed by atoms with Gasteiger partial charge in [0.25, 0.3) is 0 Å². The zero-order valence-electron chi connectivity index (χ0n) is 17.8. The predicted molar refractivity (Wildman–Crippen MR) is 117 cm³/mol. The summed E-state index contributed by atoms with van der Waals surface area (Å²) in [6, 6.07) is 7.13. The second-order valence-electron chi connectivity index (χ2n) is 8.47. The fraction of sp³-hybridized carbons (Fsp3) is 0.625. The van der Waals surface area contributed by atoms with Crippen molar-refractivity contribution in [3.8, 4) is 0 Å². The van der Waals surface area contributed by atoms with Gasteiger partial charge in [-0.1, -0.05) is 31.2 Å². The van der Waals surface area contributed by atoms with Crippen LogP contribution < -0.4 is 5.32 Å². The second-order valence-corrected chi connectivity index (χ2v) is 8.47. The molecule has 0 spiro atoms. The number of rotatable bonds is 9. The van der Waals surface area contributed by atoms with E-state index in [0.717, 1.165) is 44.7 Å². The van der Waals surface area contributed by atoms with E-state index in [2.05, 4.69) is 34.2 Å². The number of hydrogen-bond donors (Lipinski definition) is 1. The average Bonchev–Trinajstić information content (AvgIpc) is 3.21. The number of nitrogens with zero attached hydrogens (tertiary/aromatic N) is 2. The first-order chi connectivity index (χ1) is 14.1. The highest BCUT2D eigenvalue weighted by Gasteiger charge is 2.23. The van der Waals surface area contributed by atoms with Crippen molar-refractivity contribution in [3.05, 3.63) is 41.7 Å². The van der Waals surface area contributed by atoms with Crippen LogP contribution in [0.25, 0.3) is 6.08 Å². The van der Waals surface area contributed by atoms with Crippen molar-refractivity contribution in [2.24, 2.45) is 5.92 Å². The van der Waals surface area contributed by atoms with Crippen LogP contribution in [0.1, 0.15) is 51.0 Å². The molecule has 1 N–H and O–H groups in total. The molecule has 5 heteroatoms. The largest absolute Gasteiger partial charge is 0.355 e. The number of benzene rings is 1. The van der Waals surface area contributed by atoms with Gasteiger partial charge in [0.2, 0.25) is 5.91 Å². The van der Waals surface area contributed by atoms with Crippen LogP contribution in [0.15, 0.2) is 30.3 Å². The van der Waals surface area contributed by atoms with E-state index in [0.29, 0.717) is 18.4 Å². The summed E-state index contributed by atoms with van der Waals surface area (Å²) < 4.78 is 12.9. The third-order valence-corrected chi connectivity index (χ3v) is 6.47. The smallest absolute Gasteiger partial charge is 0.220 e. The zero-order chi connectivity index (χ0) is 20.5. The fourth-order valence-electron chi connectivity index (χ4n) is 4.57. The van der Waals surface area contributed by atoms with Crippen molar-refractivity contribution in [3.63, 3.8) is 0 Å². The van der Waals surface area contributed by atoms with E-state index in [1.54, 1.807) is 12.1 Å². The van der Waals surface area contributed by atoms with Crippen LogP contribution in [0.4, 0.5) is 4.39 Å². The number of piperidine rings is 1. The van der Waals surface area contributed by atoms with E-state index in [1.165, 1.54) is 44.4 Å². The quantitative estimate of drug-likeness (QED) is 0.681. The summed E-state index contributed by atoms with van der Waals surface area (Å²) in [4.78, 5) is 17.2. The van der Waals surface area contributed by atoms with Crippen LogP contribution in [0, 0.1) is 11.7 Å². The number of carbonyl (C=O) groups excluding carboxylic acids is 1. The maximum Gasteiger partial charge on any atom is 0.220 e. The van der Waals surface area contributed by atoms with Gasteiger partial charge in [-0.3, -0.25) is 14.6 Å². The van der Waals surface area contributed by atoms with Crippen LogP contribution in [0.5, 0.6) is 0 Å². The Kier molecular flexibility index (Phi) is 8.69. The van der Waals surface area contributed by atoms with Crippen molar-refractivity contribution in [2.45, 2.75) is 51.5 Å². The SMILES string of the molecule is CCN1CCC[C@H]1CNC(=O)CCC1CCN(C/C=C/c2ccc(F)cc2)CC1. The molecular weight excluding hydrogens is 365 g/mol. The van der Waals surface area contributed by atoms with Crippen LogP contribution in [-0.2, 0) is 4.79 Å². The molecule has 0 saturated carbocycles. The molecule has 0 aromatic heterocycles. The maximum absolute atomic E-state index is 12.9. The summed E-state index contributed by atoms with van der Waals surface area (Å²) in [5, 5.41) is 3.16. The summed E-state index contributed by atoms with van der Waals surface area (Å²) in [5.74, 6) is 0.689. The Labute approximate surface area is 175 Å². The molecule has 1 atom stereocenters. The van der Waals surface area contributed by atoms with E-state index in [1.807, 2.05) is 0 Å². The van der Waals surface area contributed by atoms with Crippen molar-refractivity contribution in [1.82, 2.24) is 15.1 Å². The number of hydrogen-bond acceptors (Lipinski definition) is 3. The highest BCUT2D eigenvalue weighted by atomic mass is 19.1. The first-order valence-corrected chi connectivity index (χ1v) is 11.3. The maximum atomic E-state index is 12.9. The van der Waals surface area contributed by atoms with Crippen molar-refractivity contribution >= 4 is 12.0 Å². The van der Waals surface area contributed by atoms with E-state index in [9.17, 15) is 9.18 Å². The van der Waals surface area contributed by atoms with E-state index in [-0.39, 0.29) is 11.7 Å². The number of amides is 1. The number of carbonyl (C=O) groups is 1. The molecule has 1 aromatic rings.